The average Bonchev–Trinajstić information content (AvgIpc) is 2.37. The van der Waals surface area contributed by atoms with Crippen LogP contribution in [0, 0.1) is 19.7 Å². The lowest BCUT2D eigenvalue weighted by molar-refractivity contribution is -0.140. The van der Waals surface area contributed by atoms with E-state index in [1.807, 2.05) is 0 Å². The van der Waals surface area contributed by atoms with Gasteiger partial charge in [0, 0.05) is 0 Å². The Morgan fingerprint density at radius 3 is 2.33 bits per heavy atom. The van der Waals surface area contributed by atoms with Crippen molar-refractivity contribution in [3.63, 3.8) is 0 Å². The topological polar surface area (TPSA) is 35.0 Å². The molecule has 0 saturated heterocycles. The number of hydrogen-bond donors (Lipinski definition) is 0. The van der Waals surface area contributed by atoms with Crippen LogP contribution < -0.4 is 4.74 Å². The molecule has 1 aromatic heterocycles. The fraction of sp³-hybridized carbons (Fsp3) is 0.231. The molecule has 0 amide bonds. The van der Waals surface area contributed by atoms with E-state index in [-0.39, 0.29) is 16.8 Å². The van der Waals surface area contributed by atoms with E-state index in [1.165, 1.54) is 0 Å². The van der Waals surface area contributed by atoms with Crippen molar-refractivity contribution >= 4 is 11.6 Å². The van der Waals surface area contributed by atoms with Crippen molar-refractivity contribution in [2.75, 3.05) is 0 Å². The zero-order valence-corrected chi connectivity index (χ0v) is 11.7. The number of aryl methyl sites for hydroxylation is 2. The Balaban J connectivity index is 2.39. The number of benzene rings is 1. The molecule has 2 rings (SSSR count). The molecule has 0 N–H and O–H groups in total. The highest BCUT2D eigenvalue weighted by Gasteiger charge is 2.34. The predicted octanol–water partition coefficient (Wildman–Crippen LogP) is 4.70. The Bertz CT molecular complexity index is 689. The van der Waals surface area contributed by atoms with Gasteiger partial charge in [0.25, 0.3) is 5.88 Å². The van der Waals surface area contributed by atoms with Crippen LogP contribution in [0.15, 0.2) is 18.2 Å². The SMILES string of the molecule is Cc1nc(Cl)c(Oc2ccc(F)c(C(F)(F)F)c2)nc1C. The van der Waals surface area contributed by atoms with Crippen LogP contribution in [-0.2, 0) is 6.18 Å². The Morgan fingerprint density at radius 1 is 1.10 bits per heavy atom. The van der Waals surface area contributed by atoms with E-state index in [1.54, 1.807) is 13.8 Å². The quantitative estimate of drug-likeness (QED) is 0.752. The van der Waals surface area contributed by atoms with E-state index in [0.717, 1.165) is 6.07 Å². The molecule has 0 aliphatic heterocycles. The molecule has 0 radical (unpaired) electrons. The Kier molecular flexibility index (Phi) is 4.04. The molecule has 0 aliphatic rings. The summed E-state index contributed by atoms with van der Waals surface area (Å²) in [4.78, 5) is 7.93. The van der Waals surface area contributed by atoms with Crippen LogP contribution in [0.3, 0.4) is 0 Å². The van der Waals surface area contributed by atoms with E-state index >= 15 is 0 Å². The Hall–Kier alpha value is -1.89. The van der Waals surface area contributed by atoms with E-state index in [4.69, 9.17) is 16.3 Å². The Labute approximate surface area is 122 Å². The molecule has 0 unspecified atom stereocenters. The summed E-state index contributed by atoms with van der Waals surface area (Å²) in [6, 6.07) is 2.26. The maximum Gasteiger partial charge on any atom is 0.419 e. The molecule has 0 atom stereocenters. The second-order valence-electron chi connectivity index (χ2n) is 4.23. The number of halogens is 5. The number of alkyl halides is 3. The number of aromatic nitrogens is 2. The van der Waals surface area contributed by atoms with Crippen LogP contribution in [0.4, 0.5) is 17.6 Å². The predicted molar refractivity (Wildman–Crippen MR) is 68.0 cm³/mol. The number of rotatable bonds is 2. The number of ether oxygens (including phenoxy) is 1. The molecule has 0 aliphatic carbocycles. The molecule has 1 aromatic carbocycles. The van der Waals surface area contributed by atoms with Crippen molar-refractivity contribution in [2.24, 2.45) is 0 Å². The van der Waals surface area contributed by atoms with Gasteiger partial charge in [-0.05, 0) is 32.0 Å². The van der Waals surface area contributed by atoms with Crippen molar-refractivity contribution in [1.29, 1.82) is 0 Å². The van der Waals surface area contributed by atoms with Crippen molar-refractivity contribution < 1.29 is 22.3 Å². The molecule has 1 heterocycles. The molecule has 112 valence electrons. The standard InChI is InChI=1S/C13H9ClF4N2O/c1-6-7(2)20-12(11(14)19-6)21-8-3-4-10(15)9(5-8)13(16,17)18/h3-5H,1-2H3. The minimum Gasteiger partial charge on any atom is -0.436 e. The van der Waals surface area contributed by atoms with Crippen LogP contribution >= 0.6 is 11.6 Å². The van der Waals surface area contributed by atoms with Gasteiger partial charge in [0.2, 0.25) is 0 Å². The monoisotopic (exact) mass is 320 g/mol. The third-order valence-electron chi connectivity index (χ3n) is 2.69. The first-order valence-corrected chi connectivity index (χ1v) is 6.11. The highest BCUT2D eigenvalue weighted by Crippen LogP contribution is 2.35. The summed E-state index contributed by atoms with van der Waals surface area (Å²) in [7, 11) is 0. The van der Waals surface area contributed by atoms with Crippen LogP contribution in [0.1, 0.15) is 17.0 Å². The number of nitrogens with zero attached hydrogens (tertiary/aromatic N) is 2. The molecular weight excluding hydrogens is 312 g/mol. The van der Waals surface area contributed by atoms with Crippen LogP contribution in [0.25, 0.3) is 0 Å². The maximum absolute atomic E-state index is 13.2. The van der Waals surface area contributed by atoms with Gasteiger partial charge >= 0.3 is 6.18 Å². The molecular formula is C13H9ClF4N2O. The lowest BCUT2D eigenvalue weighted by Gasteiger charge is -2.11. The van der Waals surface area contributed by atoms with E-state index in [9.17, 15) is 17.6 Å². The smallest absolute Gasteiger partial charge is 0.419 e. The van der Waals surface area contributed by atoms with E-state index < -0.39 is 17.6 Å². The summed E-state index contributed by atoms with van der Waals surface area (Å²) in [5.41, 5.74) is -0.331. The van der Waals surface area contributed by atoms with Gasteiger partial charge in [-0.15, -0.1) is 0 Å². The summed E-state index contributed by atoms with van der Waals surface area (Å²) < 4.78 is 56.2. The van der Waals surface area contributed by atoms with Gasteiger partial charge in [-0.25, -0.2) is 14.4 Å². The zero-order chi connectivity index (χ0) is 15.8. The van der Waals surface area contributed by atoms with Gasteiger partial charge < -0.3 is 4.74 Å². The van der Waals surface area contributed by atoms with Crippen molar-refractivity contribution in [3.8, 4) is 11.6 Å². The molecule has 8 heteroatoms. The summed E-state index contributed by atoms with van der Waals surface area (Å²) in [6.07, 6.45) is -4.82. The van der Waals surface area contributed by atoms with Gasteiger partial charge in [0.05, 0.1) is 17.0 Å². The second kappa shape index (κ2) is 5.48. The van der Waals surface area contributed by atoms with E-state index in [0.29, 0.717) is 23.5 Å². The summed E-state index contributed by atoms with van der Waals surface area (Å²) in [6.45, 7) is 3.33. The molecule has 0 bridgehead atoms. The lowest BCUT2D eigenvalue weighted by Crippen LogP contribution is -2.08. The Morgan fingerprint density at radius 2 is 1.71 bits per heavy atom. The van der Waals surface area contributed by atoms with Crippen molar-refractivity contribution in [2.45, 2.75) is 20.0 Å². The normalized spacial score (nSPS) is 11.6. The first-order chi connectivity index (χ1) is 9.68. The summed E-state index contributed by atoms with van der Waals surface area (Å²) in [5, 5.41) is -0.0871. The van der Waals surface area contributed by atoms with Crippen LogP contribution in [-0.4, -0.2) is 9.97 Å². The molecule has 21 heavy (non-hydrogen) atoms. The molecule has 3 nitrogen and oxygen atoms in total. The first kappa shape index (κ1) is 15.5. The van der Waals surface area contributed by atoms with E-state index in [2.05, 4.69) is 9.97 Å². The van der Waals surface area contributed by atoms with Crippen LogP contribution in [0.5, 0.6) is 11.6 Å². The van der Waals surface area contributed by atoms with Gasteiger partial charge in [-0.1, -0.05) is 11.6 Å². The minimum atomic E-state index is -4.82. The lowest BCUT2D eigenvalue weighted by atomic mass is 10.2. The van der Waals surface area contributed by atoms with Crippen LogP contribution in [0.2, 0.25) is 5.15 Å². The van der Waals surface area contributed by atoms with Crippen molar-refractivity contribution in [3.05, 3.63) is 46.1 Å². The van der Waals surface area contributed by atoms with Gasteiger partial charge in [-0.2, -0.15) is 13.2 Å². The average molecular weight is 321 g/mol. The second-order valence-corrected chi connectivity index (χ2v) is 4.59. The fourth-order valence-electron chi connectivity index (χ4n) is 1.52. The molecule has 0 spiro atoms. The summed E-state index contributed by atoms with van der Waals surface area (Å²) in [5.74, 6) is -1.75. The third-order valence-corrected chi connectivity index (χ3v) is 2.94. The fourth-order valence-corrected chi connectivity index (χ4v) is 1.72. The van der Waals surface area contributed by atoms with Gasteiger partial charge in [-0.3, -0.25) is 0 Å². The zero-order valence-electron chi connectivity index (χ0n) is 10.9. The molecule has 2 aromatic rings. The highest BCUT2D eigenvalue weighted by atomic mass is 35.5. The molecule has 0 fully saturated rings. The maximum atomic E-state index is 13.2. The minimum absolute atomic E-state index is 0.0871. The number of hydrogen-bond acceptors (Lipinski definition) is 3. The van der Waals surface area contributed by atoms with Crippen molar-refractivity contribution in [1.82, 2.24) is 9.97 Å². The largest absolute Gasteiger partial charge is 0.436 e. The highest BCUT2D eigenvalue weighted by molar-refractivity contribution is 6.30. The first-order valence-electron chi connectivity index (χ1n) is 5.74. The molecule has 0 saturated carbocycles. The summed E-state index contributed by atoms with van der Waals surface area (Å²) >= 11 is 5.82. The van der Waals surface area contributed by atoms with Gasteiger partial charge in [0.15, 0.2) is 5.15 Å². The van der Waals surface area contributed by atoms with Gasteiger partial charge in [0.1, 0.15) is 11.6 Å². The third kappa shape index (κ3) is 3.41.